The van der Waals surface area contributed by atoms with Gasteiger partial charge in [-0.25, -0.2) is 9.97 Å². The molecule has 0 saturated heterocycles. The van der Waals surface area contributed by atoms with Crippen molar-refractivity contribution in [1.82, 2.24) is 9.97 Å². The molecule has 0 aromatic carbocycles. The maximum atomic E-state index is 9.31. The lowest BCUT2D eigenvalue weighted by Gasteiger charge is -2.22. The number of anilines is 1. The van der Waals surface area contributed by atoms with Crippen LogP contribution in [-0.4, -0.2) is 27.7 Å². The largest absolute Gasteiger partial charge is 0.394 e. The van der Waals surface area contributed by atoms with Crippen LogP contribution in [0.5, 0.6) is 0 Å². The van der Waals surface area contributed by atoms with E-state index in [1.54, 1.807) is 0 Å². The van der Waals surface area contributed by atoms with Gasteiger partial charge in [-0.15, -0.1) is 0 Å². The van der Waals surface area contributed by atoms with Gasteiger partial charge in [-0.1, -0.05) is 38.8 Å². The Morgan fingerprint density at radius 2 is 2.12 bits per heavy atom. The average Bonchev–Trinajstić information content (AvgIpc) is 2.29. The van der Waals surface area contributed by atoms with Gasteiger partial charge in [0, 0.05) is 5.56 Å². The molecule has 1 aromatic rings. The Kier molecular flexibility index (Phi) is 5.65. The van der Waals surface area contributed by atoms with Crippen LogP contribution in [0.15, 0.2) is 6.33 Å². The zero-order valence-electron chi connectivity index (χ0n) is 10.6. The van der Waals surface area contributed by atoms with Crippen molar-refractivity contribution in [2.45, 2.75) is 39.7 Å². The Labute approximate surface area is 107 Å². The van der Waals surface area contributed by atoms with Crippen LogP contribution >= 0.6 is 11.6 Å². The zero-order chi connectivity index (χ0) is 12.8. The van der Waals surface area contributed by atoms with Crippen molar-refractivity contribution < 1.29 is 5.11 Å². The minimum absolute atomic E-state index is 0.0171. The van der Waals surface area contributed by atoms with Crippen molar-refractivity contribution in [3.8, 4) is 0 Å². The molecule has 0 bridgehead atoms. The Balaban J connectivity index is 2.92. The SMILES string of the molecule is CCCc1c(Cl)ncnc1N[C@H](CO)C(C)C. The summed E-state index contributed by atoms with van der Waals surface area (Å²) in [5.41, 5.74) is 0.927. The van der Waals surface area contributed by atoms with Crippen molar-refractivity contribution in [3.63, 3.8) is 0 Å². The summed E-state index contributed by atoms with van der Waals surface area (Å²) in [6.45, 7) is 6.26. The normalized spacial score (nSPS) is 12.8. The van der Waals surface area contributed by atoms with Gasteiger partial charge in [0.05, 0.1) is 12.6 Å². The molecule has 0 amide bonds. The summed E-state index contributed by atoms with van der Waals surface area (Å²) in [5.74, 6) is 1.06. The molecule has 5 heteroatoms. The molecule has 0 saturated carbocycles. The Morgan fingerprint density at radius 3 is 2.65 bits per heavy atom. The third-order valence-electron chi connectivity index (χ3n) is 2.72. The third kappa shape index (κ3) is 3.82. The van der Waals surface area contributed by atoms with Crippen molar-refractivity contribution in [1.29, 1.82) is 0 Å². The van der Waals surface area contributed by atoms with E-state index in [0.29, 0.717) is 11.1 Å². The highest BCUT2D eigenvalue weighted by atomic mass is 35.5. The third-order valence-corrected chi connectivity index (χ3v) is 3.04. The quantitative estimate of drug-likeness (QED) is 0.769. The molecule has 0 fully saturated rings. The van der Waals surface area contributed by atoms with Gasteiger partial charge in [-0.2, -0.15) is 0 Å². The highest BCUT2D eigenvalue weighted by Gasteiger charge is 2.16. The molecular formula is C12H20ClN3O. The molecule has 0 aliphatic heterocycles. The standard InChI is InChI=1S/C12H20ClN3O/c1-4-5-9-11(13)14-7-15-12(9)16-10(6-17)8(2)3/h7-8,10,17H,4-6H2,1-3H3,(H,14,15,16)/t10-/m1/s1. The molecule has 1 rings (SSSR count). The predicted octanol–water partition coefficient (Wildman–Crippen LogP) is 2.51. The van der Waals surface area contributed by atoms with E-state index in [1.165, 1.54) is 6.33 Å². The number of halogens is 1. The van der Waals surface area contributed by atoms with Crippen LogP contribution in [0, 0.1) is 5.92 Å². The van der Waals surface area contributed by atoms with Crippen LogP contribution in [-0.2, 0) is 6.42 Å². The molecular weight excluding hydrogens is 238 g/mol. The summed E-state index contributed by atoms with van der Waals surface area (Å²) in [4.78, 5) is 8.20. The molecule has 1 aromatic heterocycles. The predicted molar refractivity (Wildman–Crippen MR) is 70.4 cm³/mol. The zero-order valence-corrected chi connectivity index (χ0v) is 11.3. The Morgan fingerprint density at radius 1 is 1.41 bits per heavy atom. The minimum Gasteiger partial charge on any atom is -0.394 e. The fourth-order valence-corrected chi connectivity index (χ4v) is 1.81. The fourth-order valence-electron chi connectivity index (χ4n) is 1.59. The Hall–Kier alpha value is -0.870. The molecule has 17 heavy (non-hydrogen) atoms. The monoisotopic (exact) mass is 257 g/mol. The second-order valence-electron chi connectivity index (χ2n) is 4.42. The molecule has 4 nitrogen and oxygen atoms in total. The van der Waals surface area contributed by atoms with Crippen LogP contribution in [0.2, 0.25) is 5.15 Å². The molecule has 0 radical (unpaired) electrons. The van der Waals surface area contributed by atoms with Crippen LogP contribution in [0.3, 0.4) is 0 Å². The van der Waals surface area contributed by atoms with Crippen LogP contribution in [0.1, 0.15) is 32.8 Å². The van der Waals surface area contributed by atoms with Gasteiger partial charge in [0.25, 0.3) is 0 Å². The number of aromatic nitrogens is 2. The smallest absolute Gasteiger partial charge is 0.137 e. The molecule has 96 valence electrons. The number of hydrogen-bond donors (Lipinski definition) is 2. The van der Waals surface area contributed by atoms with Crippen molar-refractivity contribution in [2.75, 3.05) is 11.9 Å². The van der Waals surface area contributed by atoms with E-state index in [4.69, 9.17) is 11.6 Å². The lowest BCUT2D eigenvalue weighted by atomic mass is 10.0. The lowest BCUT2D eigenvalue weighted by molar-refractivity contribution is 0.249. The average molecular weight is 258 g/mol. The molecule has 0 spiro atoms. The van der Waals surface area contributed by atoms with E-state index in [2.05, 4.69) is 36.1 Å². The fraction of sp³-hybridized carbons (Fsp3) is 0.667. The molecule has 2 N–H and O–H groups in total. The number of nitrogens with zero attached hydrogens (tertiary/aromatic N) is 2. The highest BCUT2D eigenvalue weighted by Crippen LogP contribution is 2.22. The van der Waals surface area contributed by atoms with Crippen molar-refractivity contribution >= 4 is 17.4 Å². The summed E-state index contributed by atoms with van der Waals surface area (Å²) < 4.78 is 0. The van der Waals surface area contributed by atoms with Gasteiger partial charge in [0.2, 0.25) is 0 Å². The number of hydrogen-bond acceptors (Lipinski definition) is 4. The maximum Gasteiger partial charge on any atom is 0.137 e. The first-order valence-electron chi connectivity index (χ1n) is 5.96. The molecule has 1 heterocycles. The van der Waals surface area contributed by atoms with Crippen molar-refractivity contribution in [3.05, 3.63) is 17.0 Å². The second kappa shape index (κ2) is 6.77. The summed E-state index contributed by atoms with van der Waals surface area (Å²) in [7, 11) is 0. The van der Waals surface area contributed by atoms with Gasteiger partial charge in [0.1, 0.15) is 17.3 Å². The number of aliphatic hydroxyl groups excluding tert-OH is 1. The number of aliphatic hydroxyl groups is 1. The molecule has 0 unspecified atom stereocenters. The van der Waals surface area contributed by atoms with E-state index in [9.17, 15) is 5.11 Å². The molecule has 0 aliphatic carbocycles. The maximum absolute atomic E-state index is 9.31. The topological polar surface area (TPSA) is 58.0 Å². The first-order chi connectivity index (χ1) is 8.10. The minimum atomic E-state index is -0.0171. The van der Waals surface area contributed by atoms with E-state index in [1.807, 2.05) is 0 Å². The van der Waals surface area contributed by atoms with Gasteiger partial charge in [-0.3, -0.25) is 0 Å². The first-order valence-corrected chi connectivity index (χ1v) is 6.34. The van der Waals surface area contributed by atoms with Gasteiger partial charge < -0.3 is 10.4 Å². The van der Waals surface area contributed by atoms with Crippen LogP contribution in [0.4, 0.5) is 5.82 Å². The first kappa shape index (κ1) is 14.2. The molecule has 0 aliphatic rings. The summed E-state index contributed by atoms with van der Waals surface area (Å²) >= 11 is 6.06. The summed E-state index contributed by atoms with van der Waals surface area (Å²) in [5, 5.41) is 13.0. The summed E-state index contributed by atoms with van der Waals surface area (Å²) in [6, 6.07) is -0.0171. The van der Waals surface area contributed by atoms with Crippen molar-refractivity contribution in [2.24, 2.45) is 5.92 Å². The van der Waals surface area contributed by atoms with Crippen LogP contribution < -0.4 is 5.32 Å². The van der Waals surface area contributed by atoms with Gasteiger partial charge in [-0.05, 0) is 12.3 Å². The summed E-state index contributed by atoms with van der Waals surface area (Å²) in [6.07, 6.45) is 3.25. The van der Waals surface area contributed by atoms with E-state index < -0.39 is 0 Å². The number of rotatable bonds is 6. The van der Waals surface area contributed by atoms with E-state index in [0.717, 1.165) is 24.2 Å². The van der Waals surface area contributed by atoms with Gasteiger partial charge in [0.15, 0.2) is 0 Å². The highest BCUT2D eigenvalue weighted by molar-refractivity contribution is 6.30. The number of nitrogens with one attached hydrogen (secondary N) is 1. The van der Waals surface area contributed by atoms with Gasteiger partial charge >= 0.3 is 0 Å². The van der Waals surface area contributed by atoms with Crippen LogP contribution in [0.25, 0.3) is 0 Å². The molecule has 1 atom stereocenters. The second-order valence-corrected chi connectivity index (χ2v) is 4.78. The lowest BCUT2D eigenvalue weighted by Crippen LogP contribution is -2.30. The Bertz CT molecular complexity index is 358. The van der Waals surface area contributed by atoms with E-state index in [-0.39, 0.29) is 12.6 Å². The van der Waals surface area contributed by atoms with E-state index >= 15 is 0 Å².